The van der Waals surface area contributed by atoms with Crippen molar-refractivity contribution < 1.29 is 13.2 Å². The largest absolute Gasteiger partial charge is 0.416 e. The molecule has 8 heteroatoms. The van der Waals surface area contributed by atoms with Crippen LogP contribution in [-0.2, 0) is 19.3 Å². The molecule has 2 aromatic heterocycles. The highest BCUT2D eigenvalue weighted by Crippen LogP contribution is 2.30. The number of halogens is 3. The van der Waals surface area contributed by atoms with Gasteiger partial charge in [-0.3, -0.25) is 4.90 Å². The van der Waals surface area contributed by atoms with Crippen LogP contribution in [0, 0.1) is 0 Å². The number of pyridine rings is 1. The molecule has 0 aliphatic carbocycles. The Morgan fingerprint density at radius 2 is 1.50 bits per heavy atom. The van der Waals surface area contributed by atoms with E-state index in [0.717, 1.165) is 71.7 Å². The van der Waals surface area contributed by atoms with Gasteiger partial charge >= 0.3 is 6.18 Å². The summed E-state index contributed by atoms with van der Waals surface area (Å²) in [5, 5.41) is 1.11. The van der Waals surface area contributed by atoms with E-state index in [4.69, 9.17) is 5.73 Å². The first-order valence-electron chi connectivity index (χ1n) is 11.9. The highest BCUT2D eigenvalue weighted by atomic mass is 19.4. The molecule has 0 bridgehead atoms. The molecule has 5 nitrogen and oxygen atoms in total. The second-order valence-electron chi connectivity index (χ2n) is 9.19. The highest BCUT2D eigenvalue weighted by molar-refractivity contribution is 5.90. The average Bonchev–Trinajstić information content (AvgIpc) is 3.27. The zero-order valence-corrected chi connectivity index (χ0v) is 19.9. The molecule has 5 rings (SSSR count). The smallest absolute Gasteiger partial charge is 0.399 e. The van der Waals surface area contributed by atoms with Crippen molar-refractivity contribution in [3.05, 3.63) is 102 Å². The third kappa shape index (κ3) is 5.09. The van der Waals surface area contributed by atoms with E-state index in [1.807, 2.05) is 18.3 Å². The molecule has 0 saturated carbocycles. The summed E-state index contributed by atoms with van der Waals surface area (Å²) in [6, 6.07) is 17.7. The van der Waals surface area contributed by atoms with Crippen molar-refractivity contribution >= 4 is 22.4 Å². The van der Waals surface area contributed by atoms with Gasteiger partial charge in [-0.05, 0) is 41.0 Å². The van der Waals surface area contributed by atoms with E-state index < -0.39 is 11.7 Å². The minimum Gasteiger partial charge on any atom is -0.399 e. The van der Waals surface area contributed by atoms with Crippen LogP contribution < -0.4 is 10.6 Å². The molecule has 186 valence electrons. The molecular weight excluding hydrogens is 463 g/mol. The minimum atomic E-state index is -4.30. The number of alkyl halides is 3. The molecule has 2 aromatic carbocycles. The molecule has 0 atom stereocenters. The van der Waals surface area contributed by atoms with E-state index in [9.17, 15) is 13.2 Å². The maximum Gasteiger partial charge on any atom is 0.416 e. The predicted octanol–water partition coefficient (Wildman–Crippen LogP) is 5.36. The monoisotopic (exact) mass is 491 g/mol. The molecule has 3 heterocycles. The third-order valence-electron chi connectivity index (χ3n) is 6.72. The zero-order valence-electron chi connectivity index (χ0n) is 19.9. The first-order chi connectivity index (χ1) is 17.3. The number of nitrogens with zero attached hydrogens (tertiary/aromatic N) is 4. The van der Waals surface area contributed by atoms with E-state index in [0.29, 0.717) is 18.8 Å². The van der Waals surface area contributed by atoms with Gasteiger partial charge in [-0.25, -0.2) is 4.98 Å². The Kier molecular flexibility index (Phi) is 6.45. The van der Waals surface area contributed by atoms with Crippen molar-refractivity contribution in [3.8, 4) is 0 Å². The average molecular weight is 492 g/mol. The second kappa shape index (κ2) is 9.70. The topological polar surface area (TPSA) is 50.3 Å². The number of hydrogen-bond acceptors (Lipinski definition) is 4. The van der Waals surface area contributed by atoms with Gasteiger partial charge in [-0.15, -0.1) is 0 Å². The lowest BCUT2D eigenvalue weighted by Crippen LogP contribution is -2.46. The number of anilines is 1. The molecule has 2 N–H and O–H groups in total. The van der Waals surface area contributed by atoms with Crippen molar-refractivity contribution in [2.75, 3.05) is 31.1 Å². The van der Waals surface area contributed by atoms with Crippen LogP contribution in [-0.4, -0.2) is 40.6 Å². The summed E-state index contributed by atoms with van der Waals surface area (Å²) in [6.45, 7) is 8.49. The molecule has 0 spiro atoms. The molecule has 0 unspecified atom stereocenters. The fourth-order valence-electron chi connectivity index (χ4n) is 4.70. The summed E-state index contributed by atoms with van der Waals surface area (Å²) in [7, 11) is 0. The van der Waals surface area contributed by atoms with Gasteiger partial charge in [-0.1, -0.05) is 43.0 Å². The van der Waals surface area contributed by atoms with Crippen LogP contribution in [0.2, 0.25) is 0 Å². The van der Waals surface area contributed by atoms with Crippen molar-refractivity contribution in [2.24, 2.45) is 5.73 Å². The van der Waals surface area contributed by atoms with Crippen molar-refractivity contribution in [1.82, 2.24) is 14.5 Å². The van der Waals surface area contributed by atoms with E-state index in [2.05, 4.69) is 56.4 Å². The Labute approximate surface area is 208 Å². The molecule has 0 radical (unpaired) electrons. The standard InChI is InChI=1S/C28H28F3N5/c1-20(32)23-6-2-22(3-7-23)19-36-13-11-25-26(10-12-33-27(25)36)35-16-14-34(15-17-35)18-21-4-8-24(9-5-21)28(29,30)31/h2-13H,1,14-19,32H2. The number of fused-ring (bicyclic) bond motifs is 1. The lowest BCUT2D eigenvalue weighted by molar-refractivity contribution is -0.137. The van der Waals surface area contributed by atoms with Gasteiger partial charge in [0, 0.05) is 68.4 Å². The van der Waals surface area contributed by atoms with Crippen molar-refractivity contribution in [2.45, 2.75) is 19.3 Å². The molecular formula is C28H28F3N5. The van der Waals surface area contributed by atoms with Crippen LogP contribution in [0.15, 0.2) is 79.6 Å². The molecule has 1 aliphatic heterocycles. The Morgan fingerprint density at radius 1 is 0.861 bits per heavy atom. The molecule has 4 aromatic rings. The van der Waals surface area contributed by atoms with Crippen LogP contribution in [0.5, 0.6) is 0 Å². The summed E-state index contributed by atoms with van der Waals surface area (Å²) in [6.07, 6.45) is -0.383. The lowest BCUT2D eigenvalue weighted by Gasteiger charge is -2.36. The summed E-state index contributed by atoms with van der Waals surface area (Å²) >= 11 is 0. The van der Waals surface area contributed by atoms with Gasteiger partial charge in [0.1, 0.15) is 5.65 Å². The second-order valence-corrected chi connectivity index (χ2v) is 9.19. The first-order valence-corrected chi connectivity index (χ1v) is 11.9. The number of benzene rings is 2. The first kappa shape index (κ1) is 23.9. The van der Waals surface area contributed by atoms with E-state index in [1.165, 1.54) is 0 Å². The van der Waals surface area contributed by atoms with Gasteiger partial charge in [0.15, 0.2) is 0 Å². The Morgan fingerprint density at radius 3 is 2.14 bits per heavy atom. The molecule has 1 fully saturated rings. The SMILES string of the molecule is C=C(N)c1ccc(Cn2ccc3c(N4CCN(Cc5ccc(C(F)(F)F)cc5)CC4)ccnc32)cc1. The Bertz CT molecular complexity index is 1350. The normalized spacial score (nSPS) is 14.9. The lowest BCUT2D eigenvalue weighted by atomic mass is 10.1. The van der Waals surface area contributed by atoms with Crippen LogP contribution in [0.3, 0.4) is 0 Å². The number of hydrogen-bond donors (Lipinski definition) is 1. The summed E-state index contributed by atoms with van der Waals surface area (Å²) in [4.78, 5) is 9.29. The maximum absolute atomic E-state index is 12.8. The fraction of sp³-hybridized carbons (Fsp3) is 0.250. The van der Waals surface area contributed by atoms with Gasteiger partial charge in [0.2, 0.25) is 0 Å². The van der Waals surface area contributed by atoms with Gasteiger partial charge in [0.05, 0.1) is 5.56 Å². The molecule has 36 heavy (non-hydrogen) atoms. The number of rotatable bonds is 6. The van der Waals surface area contributed by atoms with Gasteiger partial charge in [-0.2, -0.15) is 13.2 Å². The predicted molar refractivity (Wildman–Crippen MR) is 137 cm³/mol. The Balaban J connectivity index is 1.24. The summed E-state index contributed by atoms with van der Waals surface area (Å²) in [5.74, 6) is 0. The van der Waals surface area contributed by atoms with Crippen LogP contribution in [0.4, 0.5) is 18.9 Å². The zero-order chi connectivity index (χ0) is 25.3. The summed E-state index contributed by atoms with van der Waals surface area (Å²) in [5.41, 5.74) is 10.8. The van der Waals surface area contributed by atoms with Crippen molar-refractivity contribution in [1.29, 1.82) is 0 Å². The van der Waals surface area contributed by atoms with Crippen LogP contribution in [0.25, 0.3) is 16.7 Å². The highest BCUT2D eigenvalue weighted by Gasteiger charge is 2.30. The number of nitrogens with two attached hydrogens (primary N) is 1. The minimum absolute atomic E-state index is 0.554. The third-order valence-corrected chi connectivity index (χ3v) is 6.72. The van der Waals surface area contributed by atoms with Gasteiger partial charge < -0.3 is 15.2 Å². The quantitative estimate of drug-likeness (QED) is 0.395. The van der Waals surface area contributed by atoms with E-state index in [1.54, 1.807) is 12.1 Å². The Hall–Kier alpha value is -3.78. The molecule has 1 aliphatic rings. The fourth-order valence-corrected chi connectivity index (χ4v) is 4.70. The number of aromatic nitrogens is 2. The van der Waals surface area contributed by atoms with Crippen LogP contribution in [0.1, 0.15) is 22.3 Å². The van der Waals surface area contributed by atoms with Crippen molar-refractivity contribution in [3.63, 3.8) is 0 Å². The maximum atomic E-state index is 12.8. The van der Waals surface area contributed by atoms with Crippen LogP contribution >= 0.6 is 0 Å². The number of piperazine rings is 1. The van der Waals surface area contributed by atoms with Gasteiger partial charge in [0.25, 0.3) is 0 Å². The molecule has 1 saturated heterocycles. The van der Waals surface area contributed by atoms with E-state index >= 15 is 0 Å². The summed E-state index contributed by atoms with van der Waals surface area (Å²) < 4.78 is 40.6. The molecule has 0 amide bonds. The van der Waals surface area contributed by atoms with E-state index in [-0.39, 0.29) is 0 Å².